The van der Waals surface area contributed by atoms with E-state index in [1.54, 1.807) is 0 Å². The first kappa shape index (κ1) is 15.0. The molecule has 2 nitrogen and oxygen atoms in total. The van der Waals surface area contributed by atoms with Crippen LogP contribution in [0.4, 0.5) is 0 Å². The van der Waals surface area contributed by atoms with Gasteiger partial charge in [-0.2, -0.15) is 0 Å². The maximum absolute atomic E-state index is 4.90. The fourth-order valence-corrected chi connectivity index (χ4v) is 4.28. The Morgan fingerprint density at radius 1 is 1.00 bits per heavy atom. The monoisotopic (exact) mass is 302 g/mol. The van der Waals surface area contributed by atoms with Gasteiger partial charge in [-0.05, 0) is 24.8 Å². The third-order valence-corrected chi connectivity index (χ3v) is 5.51. The Morgan fingerprint density at radius 2 is 1.71 bits per heavy atom. The highest BCUT2D eigenvalue weighted by atomic mass is 32.2. The minimum absolute atomic E-state index is 0.452. The number of benzene rings is 1. The summed E-state index contributed by atoms with van der Waals surface area (Å²) in [6.07, 6.45) is 10.7. The first-order valence-corrected chi connectivity index (χ1v) is 9.40. The van der Waals surface area contributed by atoms with Gasteiger partial charge in [-0.25, -0.2) is 0 Å². The van der Waals surface area contributed by atoms with Crippen molar-refractivity contribution in [3.8, 4) is 0 Å². The van der Waals surface area contributed by atoms with E-state index < -0.39 is 0 Å². The first-order chi connectivity index (χ1) is 10.4. The molecule has 1 saturated carbocycles. The van der Waals surface area contributed by atoms with E-state index >= 15 is 0 Å². The van der Waals surface area contributed by atoms with Crippen LogP contribution in [0.1, 0.15) is 50.5 Å². The Morgan fingerprint density at radius 3 is 2.48 bits per heavy atom. The molecule has 1 aliphatic heterocycles. The van der Waals surface area contributed by atoms with Crippen molar-refractivity contribution >= 4 is 16.9 Å². The quantitative estimate of drug-likeness (QED) is 0.894. The molecule has 0 aromatic heterocycles. The van der Waals surface area contributed by atoms with Crippen LogP contribution in [0, 0.1) is 0 Å². The van der Waals surface area contributed by atoms with Gasteiger partial charge < -0.3 is 5.32 Å². The van der Waals surface area contributed by atoms with Crippen LogP contribution in [0.15, 0.2) is 35.3 Å². The van der Waals surface area contributed by atoms with Gasteiger partial charge in [0.05, 0.1) is 6.04 Å². The second kappa shape index (κ2) is 7.88. The van der Waals surface area contributed by atoms with Crippen molar-refractivity contribution in [1.82, 2.24) is 5.32 Å². The lowest BCUT2D eigenvalue weighted by Gasteiger charge is -2.21. The average molecular weight is 302 g/mol. The number of thioether (sulfide) groups is 1. The summed E-state index contributed by atoms with van der Waals surface area (Å²) in [6.45, 7) is 0. The summed E-state index contributed by atoms with van der Waals surface area (Å²) in [4.78, 5) is 4.90. The summed E-state index contributed by atoms with van der Waals surface area (Å²) < 4.78 is 0. The zero-order chi connectivity index (χ0) is 14.3. The lowest BCUT2D eigenvalue weighted by Crippen LogP contribution is -2.33. The summed E-state index contributed by atoms with van der Waals surface area (Å²) in [7, 11) is 0. The Kier molecular flexibility index (Phi) is 5.61. The lowest BCUT2D eigenvalue weighted by atomic mass is 9.97. The number of hydrogen-bond acceptors (Lipinski definition) is 3. The molecule has 0 radical (unpaired) electrons. The van der Waals surface area contributed by atoms with Crippen molar-refractivity contribution in [2.45, 2.75) is 63.5 Å². The molecule has 21 heavy (non-hydrogen) atoms. The van der Waals surface area contributed by atoms with Gasteiger partial charge in [-0.3, -0.25) is 4.99 Å². The molecular formula is C18H26N2S. The molecule has 0 amide bonds. The molecule has 2 aliphatic rings. The van der Waals surface area contributed by atoms with Gasteiger partial charge >= 0.3 is 0 Å². The van der Waals surface area contributed by atoms with Crippen LogP contribution in [0.3, 0.4) is 0 Å². The predicted molar refractivity (Wildman–Crippen MR) is 93.1 cm³/mol. The van der Waals surface area contributed by atoms with Gasteiger partial charge in [0.2, 0.25) is 0 Å². The van der Waals surface area contributed by atoms with E-state index in [9.17, 15) is 0 Å². The van der Waals surface area contributed by atoms with Gasteiger partial charge in [-0.1, -0.05) is 74.2 Å². The topological polar surface area (TPSA) is 24.4 Å². The maximum Gasteiger partial charge on any atom is 0.157 e. The Labute approximate surface area is 132 Å². The van der Waals surface area contributed by atoms with Gasteiger partial charge in [0.15, 0.2) is 5.17 Å². The van der Waals surface area contributed by atoms with Crippen LogP contribution in [-0.4, -0.2) is 23.0 Å². The Balaban J connectivity index is 1.50. The summed E-state index contributed by atoms with van der Waals surface area (Å²) in [5, 5.41) is 4.91. The standard InChI is InChI=1S/C18H26N2S/c1-2-7-11-16(12-8-3-1)19-18-20-17(14-21-18)13-15-9-5-4-6-10-15/h4-6,9-10,16-17H,1-3,7-8,11-14H2,(H,19,20). The summed E-state index contributed by atoms with van der Waals surface area (Å²) in [5.41, 5.74) is 1.40. The molecule has 1 fully saturated rings. The summed E-state index contributed by atoms with van der Waals surface area (Å²) in [6, 6.07) is 11.8. The SMILES string of the molecule is c1ccc(CC2CSC(NC3CCCCCCC3)=N2)cc1. The first-order valence-electron chi connectivity index (χ1n) is 8.41. The third kappa shape index (κ3) is 4.77. The van der Waals surface area contributed by atoms with Crippen molar-refractivity contribution in [2.75, 3.05) is 5.75 Å². The third-order valence-electron chi connectivity index (χ3n) is 4.46. The molecule has 1 unspecified atom stereocenters. The van der Waals surface area contributed by atoms with Crippen molar-refractivity contribution < 1.29 is 0 Å². The smallest absolute Gasteiger partial charge is 0.157 e. The molecule has 1 atom stereocenters. The van der Waals surface area contributed by atoms with E-state index in [2.05, 4.69) is 35.6 Å². The number of amidine groups is 1. The average Bonchev–Trinajstić information content (AvgIpc) is 2.90. The van der Waals surface area contributed by atoms with Crippen molar-refractivity contribution in [2.24, 2.45) is 4.99 Å². The Bertz CT molecular complexity index is 450. The van der Waals surface area contributed by atoms with E-state index in [1.807, 2.05) is 11.8 Å². The molecule has 1 aromatic rings. The molecule has 0 bridgehead atoms. The molecule has 1 N–H and O–H groups in total. The zero-order valence-electron chi connectivity index (χ0n) is 12.8. The predicted octanol–water partition coefficient (Wildman–Crippen LogP) is 4.40. The van der Waals surface area contributed by atoms with Crippen LogP contribution in [0.5, 0.6) is 0 Å². The lowest BCUT2D eigenvalue weighted by molar-refractivity contribution is 0.430. The van der Waals surface area contributed by atoms with E-state index in [0.717, 1.165) is 12.2 Å². The molecular weight excluding hydrogens is 276 g/mol. The normalized spacial score (nSPS) is 24.2. The molecule has 0 spiro atoms. The molecule has 114 valence electrons. The van der Waals surface area contributed by atoms with E-state index in [-0.39, 0.29) is 0 Å². The highest BCUT2D eigenvalue weighted by molar-refractivity contribution is 8.14. The second-order valence-electron chi connectivity index (χ2n) is 6.28. The number of aliphatic imine (C=N–C) groups is 1. The molecule has 3 rings (SSSR count). The van der Waals surface area contributed by atoms with Crippen molar-refractivity contribution in [3.63, 3.8) is 0 Å². The largest absolute Gasteiger partial charge is 0.362 e. The highest BCUT2D eigenvalue weighted by Gasteiger charge is 2.21. The molecule has 3 heteroatoms. The number of rotatable bonds is 3. The molecule has 1 aliphatic carbocycles. The minimum atomic E-state index is 0.452. The minimum Gasteiger partial charge on any atom is -0.362 e. The number of nitrogens with zero attached hydrogens (tertiary/aromatic N) is 1. The van der Waals surface area contributed by atoms with E-state index in [4.69, 9.17) is 4.99 Å². The van der Waals surface area contributed by atoms with Crippen LogP contribution < -0.4 is 5.32 Å². The van der Waals surface area contributed by atoms with Gasteiger partial charge in [0.25, 0.3) is 0 Å². The van der Waals surface area contributed by atoms with Gasteiger partial charge in [-0.15, -0.1) is 0 Å². The highest BCUT2D eigenvalue weighted by Crippen LogP contribution is 2.23. The molecule has 0 saturated heterocycles. The number of hydrogen-bond donors (Lipinski definition) is 1. The second-order valence-corrected chi connectivity index (χ2v) is 7.28. The zero-order valence-corrected chi connectivity index (χ0v) is 13.6. The summed E-state index contributed by atoms with van der Waals surface area (Å²) >= 11 is 1.91. The molecule has 1 aromatic carbocycles. The fourth-order valence-electron chi connectivity index (χ4n) is 3.26. The van der Waals surface area contributed by atoms with Gasteiger partial charge in [0.1, 0.15) is 0 Å². The van der Waals surface area contributed by atoms with E-state index in [1.165, 1.54) is 55.7 Å². The van der Waals surface area contributed by atoms with Crippen molar-refractivity contribution in [1.29, 1.82) is 0 Å². The van der Waals surface area contributed by atoms with Crippen LogP contribution in [0.2, 0.25) is 0 Å². The van der Waals surface area contributed by atoms with Crippen LogP contribution in [0.25, 0.3) is 0 Å². The fraction of sp³-hybridized carbons (Fsp3) is 0.611. The maximum atomic E-state index is 4.90. The van der Waals surface area contributed by atoms with Crippen molar-refractivity contribution in [3.05, 3.63) is 35.9 Å². The number of nitrogens with one attached hydrogen (secondary N) is 1. The Hall–Kier alpha value is -0.960. The van der Waals surface area contributed by atoms with E-state index in [0.29, 0.717) is 12.1 Å². The van der Waals surface area contributed by atoms with Gasteiger partial charge in [0, 0.05) is 11.8 Å². The van der Waals surface area contributed by atoms with Crippen LogP contribution in [-0.2, 0) is 6.42 Å². The summed E-state index contributed by atoms with van der Waals surface area (Å²) in [5.74, 6) is 1.13. The molecule has 1 heterocycles. The van der Waals surface area contributed by atoms with Crippen LogP contribution >= 0.6 is 11.8 Å².